The molecule has 0 saturated heterocycles. The van der Waals surface area contributed by atoms with E-state index in [-0.39, 0.29) is 5.57 Å². The topological polar surface area (TPSA) is 65.0 Å². The third kappa shape index (κ3) is 4.38. The van der Waals surface area contributed by atoms with Crippen molar-refractivity contribution in [3.63, 3.8) is 0 Å². The van der Waals surface area contributed by atoms with Crippen LogP contribution in [0.2, 0.25) is 0 Å². The summed E-state index contributed by atoms with van der Waals surface area (Å²) in [5, 5.41) is 12.5. The fraction of sp³-hybridized carbons (Fsp3) is 0.375. The molecular formula is C16H21F2N3O. The van der Waals surface area contributed by atoms with E-state index in [9.17, 15) is 13.6 Å². The second-order valence-corrected chi connectivity index (χ2v) is 4.87. The number of amides is 1. The monoisotopic (exact) mass is 309 g/mol. The van der Waals surface area contributed by atoms with E-state index < -0.39 is 18.0 Å². The highest BCUT2D eigenvalue weighted by atomic mass is 19.3. The Bertz CT molecular complexity index is 583. The van der Waals surface area contributed by atoms with E-state index in [4.69, 9.17) is 5.41 Å². The number of aryl methyl sites for hydroxylation is 1. The zero-order valence-corrected chi connectivity index (χ0v) is 13.0. The molecule has 1 aromatic rings. The average molecular weight is 309 g/mol. The molecule has 1 rings (SSSR count). The number of carbonyl (C=O) groups is 1. The summed E-state index contributed by atoms with van der Waals surface area (Å²) in [5.41, 5.74) is 1.22. The third-order valence-electron chi connectivity index (χ3n) is 3.20. The molecule has 0 bridgehead atoms. The Morgan fingerprint density at radius 3 is 2.64 bits per heavy atom. The number of nitrogens with one attached hydrogen (secondary N) is 3. The maximum atomic E-state index is 12.7. The minimum Gasteiger partial charge on any atom is -0.393 e. The molecule has 120 valence electrons. The van der Waals surface area contributed by atoms with Crippen LogP contribution in [0.15, 0.2) is 30.0 Å². The van der Waals surface area contributed by atoms with Gasteiger partial charge in [-0.05, 0) is 30.5 Å². The van der Waals surface area contributed by atoms with Gasteiger partial charge in [-0.25, -0.2) is 8.78 Å². The SMILES string of the molecule is CCCc1c(C)cccc1NC(=O)/C(=C/NC)C(=N)C(F)F. The van der Waals surface area contributed by atoms with Gasteiger partial charge in [0, 0.05) is 18.9 Å². The zero-order valence-electron chi connectivity index (χ0n) is 13.0. The van der Waals surface area contributed by atoms with Gasteiger partial charge in [-0.3, -0.25) is 10.2 Å². The summed E-state index contributed by atoms with van der Waals surface area (Å²) in [6.45, 7) is 3.96. The summed E-state index contributed by atoms with van der Waals surface area (Å²) in [7, 11) is 1.49. The highest BCUT2D eigenvalue weighted by molar-refractivity contribution is 6.25. The van der Waals surface area contributed by atoms with Crippen molar-refractivity contribution in [1.29, 1.82) is 5.41 Å². The predicted molar refractivity (Wildman–Crippen MR) is 84.7 cm³/mol. The molecule has 1 aromatic carbocycles. The predicted octanol–water partition coefficient (Wildman–Crippen LogP) is 3.27. The molecule has 0 aromatic heterocycles. The fourth-order valence-corrected chi connectivity index (χ4v) is 2.12. The Kier molecular flexibility index (Phi) is 6.69. The lowest BCUT2D eigenvalue weighted by Gasteiger charge is -2.15. The van der Waals surface area contributed by atoms with E-state index in [1.54, 1.807) is 12.1 Å². The zero-order chi connectivity index (χ0) is 16.7. The van der Waals surface area contributed by atoms with E-state index in [1.807, 2.05) is 19.9 Å². The molecule has 0 saturated carbocycles. The maximum Gasteiger partial charge on any atom is 0.280 e. The van der Waals surface area contributed by atoms with Gasteiger partial charge in [-0.2, -0.15) is 0 Å². The van der Waals surface area contributed by atoms with E-state index in [0.717, 1.165) is 30.2 Å². The number of anilines is 1. The van der Waals surface area contributed by atoms with E-state index in [1.165, 1.54) is 7.05 Å². The lowest BCUT2D eigenvalue weighted by atomic mass is 10.0. The molecule has 0 heterocycles. The van der Waals surface area contributed by atoms with E-state index in [2.05, 4.69) is 10.6 Å². The molecule has 6 heteroatoms. The third-order valence-corrected chi connectivity index (χ3v) is 3.20. The van der Waals surface area contributed by atoms with Gasteiger partial charge in [-0.1, -0.05) is 25.5 Å². The smallest absolute Gasteiger partial charge is 0.280 e. The molecule has 4 nitrogen and oxygen atoms in total. The molecule has 0 atom stereocenters. The van der Waals surface area contributed by atoms with Crippen LogP contribution in [0.3, 0.4) is 0 Å². The van der Waals surface area contributed by atoms with Crippen LogP contribution in [-0.4, -0.2) is 25.1 Å². The van der Waals surface area contributed by atoms with Gasteiger partial charge in [0.05, 0.1) is 5.57 Å². The standard InChI is InChI=1S/C16H21F2N3O/c1-4-6-11-10(2)7-5-8-13(11)21-16(22)12(9-20-3)14(19)15(17)18/h5,7-9,15,19-20H,4,6H2,1-3H3,(H,21,22)/b12-9+,19-14?. The van der Waals surface area contributed by atoms with Gasteiger partial charge in [0.2, 0.25) is 0 Å². The number of hydrogen-bond donors (Lipinski definition) is 3. The first-order chi connectivity index (χ1) is 10.4. The molecule has 0 aliphatic carbocycles. The quantitative estimate of drug-likeness (QED) is 0.534. The Balaban J connectivity index is 3.07. The first kappa shape index (κ1) is 17.8. The maximum absolute atomic E-state index is 12.7. The first-order valence-electron chi connectivity index (χ1n) is 7.06. The minimum absolute atomic E-state index is 0.374. The second-order valence-electron chi connectivity index (χ2n) is 4.87. The molecule has 22 heavy (non-hydrogen) atoms. The number of halogens is 2. The highest BCUT2D eigenvalue weighted by Crippen LogP contribution is 2.22. The molecule has 1 amide bonds. The highest BCUT2D eigenvalue weighted by Gasteiger charge is 2.23. The van der Waals surface area contributed by atoms with Crippen LogP contribution in [-0.2, 0) is 11.2 Å². The van der Waals surface area contributed by atoms with Crippen molar-refractivity contribution in [3.05, 3.63) is 41.1 Å². The van der Waals surface area contributed by atoms with Gasteiger partial charge < -0.3 is 10.6 Å². The van der Waals surface area contributed by atoms with Crippen LogP contribution in [0.25, 0.3) is 0 Å². The van der Waals surface area contributed by atoms with Gasteiger partial charge in [-0.15, -0.1) is 0 Å². The van der Waals surface area contributed by atoms with Gasteiger partial charge in [0.15, 0.2) is 0 Å². The lowest BCUT2D eigenvalue weighted by Crippen LogP contribution is -2.26. The first-order valence-corrected chi connectivity index (χ1v) is 7.06. The largest absolute Gasteiger partial charge is 0.393 e. The van der Waals surface area contributed by atoms with Crippen LogP contribution in [0.4, 0.5) is 14.5 Å². The normalized spacial score (nSPS) is 11.5. The van der Waals surface area contributed by atoms with Crippen molar-refractivity contribution < 1.29 is 13.6 Å². The Morgan fingerprint density at radius 2 is 2.09 bits per heavy atom. The Hall–Kier alpha value is -2.24. The Morgan fingerprint density at radius 1 is 1.41 bits per heavy atom. The molecular weight excluding hydrogens is 288 g/mol. The summed E-state index contributed by atoms with van der Waals surface area (Å²) < 4.78 is 25.4. The fourth-order valence-electron chi connectivity index (χ4n) is 2.12. The van der Waals surface area contributed by atoms with Crippen molar-refractivity contribution >= 4 is 17.3 Å². The molecule has 0 aliphatic rings. The van der Waals surface area contributed by atoms with Gasteiger partial charge in [0.1, 0.15) is 5.71 Å². The number of alkyl halides is 2. The average Bonchev–Trinajstić information content (AvgIpc) is 2.47. The molecule has 3 N–H and O–H groups in total. The second kappa shape index (κ2) is 8.26. The van der Waals surface area contributed by atoms with Crippen molar-refractivity contribution in [2.24, 2.45) is 0 Å². The van der Waals surface area contributed by atoms with Crippen molar-refractivity contribution in [2.75, 3.05) is 12.4 Å². The number of benzene rings is 1. The molecule has 0 aliphatic heterocycles. The van der Waals surface area contributed by atoms with Crippen molar-refractivity contribution in [2.45, 2.75) is 33.1 Å². The minimum atomic E-state index is -3.00. The van der Waals surface area contributed by atoms with Crippen LogP contribution in [0.5, 0.6) is 0 Å². The summed E-state index contributed by atoms with van der Waals surface area (Å²) in [6, 6.07) is 5.47. The Labute approximate surface area is 129 Å². The lowest BCUT2D eigenvalue weighted by molar-refractivity contribution is -0.112. The summed E-state index contributed by atoms with van der Waals surface area (Å²) in [5.74, 6) is -0.720. The molecule has 0 unspecified atom stereocenters. The number of hydrogen-bond acceptors (Lipinski definition) is 3. The van der Waals surface area contributed by atoms with Crippen molar-refractivity contribution in [3.8, 4) is 0 Å². The molecule has 0 radical (unpaired) electrons. The van der Waals surface area contributed by atoms with Gasteiger partial charge >= 0.3 is 0 Å². The summed E-state index contributed by atoms with van der Waals surface area (Å²) >= 11 is 0. The van der Waals surface area contributed by atoms with E-state index >= 15 is 0 Å². The molecule has 0 spiro atoms. The van der Waals surface area contributed by atoms with Crippen LogP contribution in [0.1, 0.15) is 24.5 Å². The van der Waals surface area contributed by atoms with Crippen LogP contribution >= 0.6 is 0 Å². The molecule has 0 fully saturated rings. The van der Waals surface area contributed by atoms with Crippen LogP contribution < -0.4 is 10.6 Å². The number of rotatable bonds is 7. The van der Waals surface area contributed by atoms with Gasteiger partial charge in [0.25, 0.3) is 12.3 Å². The van der Waals surface area contributed by atoms with Crippen LogP contribution in [0, 0.1) is 12.3 Å². The van der Waals surface area contributed by atoms with E-state index in [0.29, 0.717) is 5.69 Å². The number of carbonyl (C=O) groups excluding carboxylic acids is 1. The summed E-state index contributed by atoms with van der Waals surface area (Å²) in [4.78, 5) is 12.2. The van der Waals surface area contributed by atoms with Crippen molar-refractivity contribution in [1.82, 2.24) is 5.32 Å². The summed E-state index contributed by atoms with van der Waals surface area (Å²) in [6.07, 6.45) is -0.212.